The molecule has 128 valence electrons. The molecular formula is C14H23N5O4. The standard InChI is InChI=1S/C14H23N5O4/c1-5-6-23-8-9(20)7-19-10-11(15-13(19)17(2)3)18(4)14(22)16-12(10)21/h5,9-11,20H,1,6-8H2,2-4H3,(H,16,21,22). The largest absolute Gasteiger partial charge is 0.389 e. The van der Waals surface area contributed by atoms with E-state index in [2.05, 4.69) is 16.9 Å². The molecule has 2 heterocycles. The highest BCUT2D eigenvalue weighted by molar-refractivity contribution is 6.03. The first-order valence-electron chi connectivity index (χ1n) is 7.33. The zero-order chi connectivity index (χ0) is 17.1. The first-order chi connectivity index (χ1) is 10.9. The minimum Gasteiger partial charge on any atom is -0.389 e. The van der Waals surface area contributed by atoms with Crippen molar-refractivity contribution in [3.05, 3.63) is 12.7 Å². The number of aliphatic hydroxyl groups excluding tert-OH is 1. The number of guanidine groups is 1. The van der Waals surface area contributed by atoms with Crippen LogP contribution in [0.2, 0.25) is 0 Å². The van der Waals surface area contributed by atoms with Crippen LogP contribution in [0.4, 0.5) is 4.79 Å². The molecule has 2 aliphatic heterocycles. The van der Waals surface area contributed by atoms with E-state index in [1.54, 1.807) is 37.0 Å². The van der Waals surface area contributed by atoms with Gasteiger partial charge < -0.3 is 24.5 Å². The van der Waals surface area contributed by atoms with Crippen LogP contribution in [0, 0.1) is 0 Å². The fourth-order valence-corrected chi connectivity index (χ4v) is 2.65. The lowest BCUT2D eigenvalue weighted by molar-refractivity contribution is -0.127. The monoisotopic (exact) mass is 325 g/mol. The molecular weight excluding hydrogens is 302 g/mol. The van der Waals surface area contributed by atoms with Gasteiger partial charge >= 0.3 is 6.03 Å². The quantitative estimate of drug-likeness (QED) is 0.463. The summed E-state index contributed by atoms with van der Waals surface area (Å²) in [4.78, 5) is 33.3. The number of hydrogen-bond donors (Lipinski definition) is 2. The third-order valence-electron chi connectivity index (χ3n) is 3.69. The first kappa shape index (κ1) is 17.2. The normalized spacial score (nSPS) is 25.0. The summed E-state index contributed by atoms with van der Waals surface area (Å²) in [6.45, 7) is 4.18. The minimum atomic E-state index is -0.797. The number of imide groups is 1. The molecule has 2 rings (SSSR count). The molecule has 9 heteroatoms. The van der Waals surface area contributed by atoms with Crippen molar-refractivity contribution in [2.75, 3.05) is 40.9 Å². The molecule has 0 saturated carbocycles. The number of carbonyl (C=O) groups excluding carboxylic acids is 2. The summed E-state index contributed by atoms with van der Waals surface area (Å²) >= 11 is 0. The number of β-amino-alcohol motifs (C(OH)–C–C–N with tert-alkyl or cyclic N) is 1. The predicted octanol–water partition coefficient (Wildman–Crippen LogP) is -1.34. The number of likely N-dealkylation sites (N-methyl/N-ethyl adjacent to an activating group) is 1. The maximum atomic E-state index is 12.2. The van der Waals surface area contributed by atoms with Gasteiger partial charge in [-0.1, -0.05) is 6.08 Å². The highest BCUT2D eigenvalue weighted by Crippen LogP contribution is 2.24. The van der Waals surface area contributed by atoms with Crippen molar-refractivity contribution >= 4 is 17.9 Å². The van der Waals surface area contributed by atoms with Gasteiger partial charge in [0.2, 0.25) is 0 Å². The van der Waals surface area contributed by atoms with Gasteiger partial charge in [0.05, 0.1) is 19.3 Å². The maximum absolute atomic E-state index is 12.2. The lowest BCUT2D eigenvalue weighted by Gasteiger charge is -2.37. The van der Waals surface area contributed by atoms with Crippen LogP contribution >= 0.6 is 0 Å². The third-order valence-corrected chi connectivity index (χ3v) is 3.69. The third kappa shape index (κ3) is 3.45. The Bertz CT molecular complexity index is 521. The second-order valence-corrected chi connectivity index (χ2v) is 5.72. The summed E-state index contributed by atoms with van der Waals surface area (Å²) in [6.07, 6.45) is 0.199. The number of nitrogens with zero attached hydrogens (tertiary/aromatic N) is 4. The van der Waals surface area contributed by atoms with Crippen LogP contribution in [0.5, 0.6) is 0 Å². The van der Waals surface area contributed by atoms with E-state index in [0.717, 1.165) is 0 Å². The van der Waals surface area contributed by atoms with E-state index in [9.17, 15) is 14.7 Å². The number of aliphatic hydroxyl groups is 1. The molecule has 0 aromatic carbocycles. The Balaban J connectivity index is 2.15. The van der Waals surface area contributed by atoms with Crippen molar-refractivity contribution in [2.24, 2.45) is 4.99 Å². The molecule has 1 saturated heterocycles. The van der Waals surface area contributed by atoms with Crippen molar-refractivity contribution in [2.45, 2.75) is 18.3 Å². The zero-order valence-corrected chi connectivity index (χ0v) is 13.6. The van der Waals surface area contributed by atoms with Gasteiger partial charge in [-0.3, -0.25) is 10.1 Å². The molecule has 0 bridgehead atoms. The number of nitrogens with one attached hydrogen (secondary N) is 1. The molecule has 23 heavy (non-hydrogen) atoms. The molecule has 3 unspecified atom stereocenters. The van der Waals surface area contributed by atoms with Crippen molar-refractivity contribution in [3.8, 4) is 0 Å². The maximum Gasteiger partial charge on any atom is 0.325 e. The number of ether oxygens (including phenoxy) is 1. The first-order valence-corrected chi connectivity index (χ1v) is 7.33. The van der Waals surface area contributed by atoms with Crippen molar-refractivity contribution < 1.29 is 19.4 Å². The van der Waals surface area contributed by atoms with Gasteiger partial charge in [0.25, 0.3) is 5.91 Å². The van der Waals surface area contributed by atoms with Gasteiger partial charge in [0, 0.05) is 27.7 Å². The molecule has 2 aliphatic rings. The van der Waals surface area contributed by atoms with Crippen LogP contribution < -0.4 is 5.32 Å². The lowest BCUT2D eigenvalue weighted by Crippen LogP contribution is -2.64. The summed E-state index contributed by atoms with van der Waals surface area (Å²) in [5, 5.41) is 12.4. The predicted molar refractivity (Wildman–Crippen MR) is 83.7 cm³/mol. The highest BCUT2D eigenvalue weighted by atomic mass is 16.5. The fraction of sp³-hybridized carbons (Fsp3) is 0.643. The molecule has 0 aliphatic carbocycles. The number of carbonyl (C=O) groups is 2. The van der Waals surface area contributed by atoms with E-state index in [1.807, 2.05) is 0 Å². The summed E-state index contributed by atoms with van der Waals surface area (Å²) in [7, 11) is 5.18. The van der Waals surface area contributed by atoms with E-state index in [-0.39, 0.29) is 13.2 Å². The van der Waals surface area contributed by atoms with E-state index in [0.29, 0.717) is 12.6 Å². The van der Waals surface area contributed by atoms with Gasteiger partial charge in [-0.2, -0.15) is 0 Å². The average Bonchev–Trinajstić information content (AvgIpc) is 2.85. The van der Waals surface area contributed by atoms with Crippen LogP contribution in [0.3, 0.4) is 0 Å². The molecule has 9 nitrogen and oxygen atoms in total. The van der Waals surface area contributed by atoms with E-state index < -0.39 is 30.2 Å². The summed E-state index contributed by atoms with van der Waals surface area (Å²) in [6, 6.07) is -1.14. The Morgan fingerprint density at radius 3 is 2.83 bits per heavy atom. The van der Waals surface area contributed by atoms with Gasteiger partial charge in [0.15, 0.2) is 18.2 Å². The average molecular weight is 325 g/mol. The second-order valence-electron chi connectivity index (χ2n) is 5.72. The van der Waals surface area contributed by atoms with Crippen molar-refractivity contribution in [1.29, 1.82) is 0 Å². The van der Waals surface area contributed by atoms with Gasteiger partial charge in [-0.15, -0.1) is 6.58 Å². The lowest BCUT2D eigenvalue weighted by atomic mass is 10.1. The SMILES string of the molecule is C=CCOCC(O)CN1C(N(C)C)=NC2C1C(=O)NC(=O)N2C. The van der Waals surface area contributed by atoms with Crippen LogP contribution in [0.25, 0.3) is 0 Å². The summed E-state index contributed by atoms with van der Waals surface area (Å²) in [5.41, 5.74) is 0. The molecule has 1 fully saturated rings. The molecule has 3 amide bonds. The zero-order valence-electron chi connectivity index (χ0n) is 13.6. The van der Waals surface area contributed by atoms with E-state index in [1.165, 1.54) is 4.90 Å². The number of fused-ring (bicyclic) bond motifs is 1. The number of hydrogen-bond acceptors (Lipinski definition) is 7. The molecule has 0 spiro atoms. The molecule has 0 aromatic rings. The van der Waals surface area contributed by atoms with Crippen LogP contribution in [0.1, 0.15) is 0 Å². The summed E-state index contributed by atoms with van der Waals surface area (Å²) < 4.78 is 5.24. The smallest absolute Gasteiger partial charge is 0.325 e. The Morgan fingerprint density at radius 2 is 2.22 bits per heavy atom. The van der Waals surface area contributed by atoms with Gasteiger partial charge in [-0.05, 0) is 0 Å². The van der Waals surface area contributed by atoms with Gasteiger partial charge in [-0.25, -0.2) is 9.79 Å². The molecule has 3 atom stereocenters. The van der Waals surface area contributed by atoms with E-state index in [4.69, 9.17) is 4.74 Å². The van der Waals surface area contributed by atoms with Crippen LogP contribution in [-0.4, -0.2) is 96.9 Å². The minimum absolute atomic E-state index is 0.122. The molecule has 2 N–H and O–H groups in total. The summed E-state index contributed by atoms with van der Waals surface area (Å²) in [5.74, 6) is 0.123. The Hall–Kier alpha value is -2.13. The fourth-order valence-electron chi connectivity index (χ4n) is 2.65. The Kier molecular flexibility index (Phi) is 5.22. The van der Waals surface area contributed by atoms with E-state index >= 15 is 0 Å². The second kappa shape index (κ2) is 6.97. The number of urea groups is 1. The Morgan fingerprint density at radius 1 is 1.52 bits per heavy atom. The van der Waals surface area contributed by atoms with Crippen molar-refractivity contribution in [3.63, 3.8) is 0 Å². The highest BCUT2D eigenvalue weighted by Gasteiger charge is 2.49. The van der Waals surface area contributed by atoms with Crippen LogP contribution in [0.15, 0.2) is 17.6 Å². The topological polar surface area (TPSA) is 97.7 Å². The number of rotatable bonds is 6. The van der Waals surface area contributed by atoms with Crippen LogP contribution in [-0.2, 0) is 9.53 Å². The number of amides is 3. The number of aliphatic imine (C=N–C) groups is 1. The molecule has 0 aromatic heterocycles. The Labute approximate surface area is 135 Å². The molecule has 0 radical (unpaired) electrons. The van der Waals surface area contributed by atoms with Crippen molar-refractivity contribution in [1.82, 2.24) is 20.0 Å². The van der Waals surface area contributed by atoms with Gasteiger partial charge in [0.1, 0.15) is 0 Å².